The molecule has 0 saturated carbocycles. The molecule has 15 heavy (non-hydrogen) atoms. The molecule has 4 aliphatic heterocycles. The minimum atomic E-state index is 0.834. The molecule has 0 atom stereocenters. The number of fused-ring (bicyclic) bond motifs is 3. The second-order valence-electron chi connectivity index (χ2n) is 5.92. The molecule has 4 heterocycles. The van der Waals surface area contributed by atoms with Gasteiger partial charge in [-0.1, -0.05) is 0 Å². The van der Waals surface area contributed by atoms with Crippen LogP contribution in [-0.4, -0.2) is 85.7 Å². The van der Waals surface area contributed by atoms with Gasteiger partial charge in [-0.25, -0.2) is 0 Å². The maximum atomic E-state index is 7.22. The van der Waals surface area contributed by atoms with Gasteiger partial charge in [-0.15, -0.1) is 0 Å². The zero-order valence-corrected chi connectivity index (χ0v) is 9.65. The van der Waals surface area contributed by atoms with Gasteiger partial charge in [-0.3, -0.25) is 5.41 Å². The van der Waals surface area contributed by atoms with E-state index in [-0.39, 0.29) is 0 Å². The van der Waals surface area contributed by atoms with E-state index in [1.54, 1.807) is 0 Å². The van der Waals surface area contributed by atoms with Crippen LogP contribution in [0.1, 0.15) is 0 Å². The smallest absolute Gasteiger partial charge is 0.129 e. The first-order chi connectivity index (χ1) is 7.16. The number of nitrogens with zero attached hydrogens (tertiary/aromatic N) is 3. The third-order valence-corrected chi connectivity index (χ3v) is 5.10. The van der Waals surface area contributed by atoms with E-state index in [1.807, 2.05) is 0 Å². The molecule has 0 spiro atoms. The lowest BCUT2D eigenvalue weighted by atomic mass is 9.98. The molecule has 84 valence electrons. The van der Waals surface area contributed by atoms with E-state index in [0.29, 0.717) is 0 Å². The quantitative estimate of drug-likeness (QED) is 0.374. The van der Waals surface area contributed by atoms with E-state index in [1.165, 1.54) is 54.6 Å². The number of quaternary nitrogens is 2. The monoisotopic (exact) mass is 210 g/mol. The Morgan fingerprint density at radius 3 is 2.07 bits per heavy atom. The lowest BCUT2D eigenvalue weighted by Crippen LogP contribution is -2.80. The van der Waals surface area contributed by atoms with E-state index in [9.17, 15) is 0 Å². The first kappa shape index (κ1) is 9.60. The summed E-state index contributed by atoms with van der Waals surface area (Å²) in [6.07, 6.45) is 1.50. The van der Waals surface area contributed by atoms with Crippen LogP contribution < -0.4 is 0 Å². The standard InChI is InChI=1S/C11H22N4/c1-14-2-5-15(6-3-14,7-4-14)11-8-13(9-11)10-12/h10-12H,2-9H2,1H3/q+2. The normalized spacial score (nSPS) is 45.3. The number of hydrogen-bond donors (Lipinski definition) is 1. The van der Waals surface area contributed by atoms with E-state index in [4.69, 9.17) is 5.41 Å². The van der Waals surface area contributed by atoms with E-state index in [2.05, 4.69) is 11.9 Å². The highest BCUT2D eigenvalue weighted by Crippen LogP contribution is 2.31. The van der Waals surface area contributed by atoms with E-state index < -0.39 is 0 Å². The molecule has 0 aliphatic carbocycles. The van der Waals surface area contributed by atoms with Crippen molar-refractivity contribution < 1.29 is 8.97 Å². The van der Waals surface area contributed by atoms with E-state index in [0.717, 1.165) is 19.1 Å². The molecule has 4 saturated heterocycles. The van der Waals surface area contributed by atoms with Crippen LogP contribution in [0.3, 0.4) is 0 Å². The van der Waals surface area contributed by atoms with Gasteiger partial charge in [-0.05, 0) is 0 Å². The largest absolute Gasteiger partial charge is 0.351 e. The molecule has 0 radical (unpaired) electrons. The fourth-order valence-electron chi connectivity index (χ4n) is 3.48. The topological polar surface area (TPSA) is 27.1 Å². The van der Waals surface area contributed by atoms with Crippen LogP contribution in [0.4, 0.5) is 0 Å². The summed E-state index contributed by atoms with van der Waals surface area (Å²) in [7, 11) is 2.41. The predicted octanol–water partition coefficient (Wildman–Crippen LogP) is -0.432. The summed E-state index contributed by atoms with van der Waals surface area (Å²) in [5, 5.41) is 7.22. The third-order valence-electron chi connectivity index (χ3n) is 5.10. The second-order valence-corrected chi connectivity index (χ2v) is 5.92. The Morgan fingerprint density at radius 1 is 1.07 bits per heavy atom. The third kappa shape index (κ3) is 1.31. The Morgan fingerprint density at radius 2 is 1.60 bits per heavy atom. The summed E-state index contributed by atoms with van der Waals surface area (Å²) in [6.45, 7) is 10.5. The fourth-order valence-corrected chi connectivity index (χ4v) is 3.48. The van der Waals surface area contributed by atoms with Crippen molar-refractivity contribution in [2.75, 3.05) is 59.4 Å². The Labute approximate surface area is 91.8 Å². The van der Waals surface area contributed by atoms with Gasteiger partial charge >= 0.3 is 0 Å². The van der Waals surface area contributed by atoms with Crippen molar-refractivity contribution in [3.8, 4) is 0 Å². The number of likely N-dealkylation sites (tertiary alicyclic amines) is 1. The van der Waals surface area contributed by atoms with Crippen LogP contribution in [0.2, 0.25) is 0 Å². The summed E-state index contributed by atoms with van der Waals surface area (Å²) >= 11 is 0. The number of hydrogen-bond acceptors (Lipinski definition) is 1. The fraction of sp³-hybridized carbons (Fsp3) is 0.909. The highest BCUT2D eigenvalue weighted by molar-refractivity contribution is 5.52. The van der Waals surface area contributed by atoms with Gasteiger partial charge in [0.25, 0.3) is 0 Å². The summed E-state index contributed by atoms with van der Waals surface area (Å²) in [6, 6.07) is 0.834. The molecule has 0 amide bonds. The number of likely N-dealkylation sites (N-methyl/N-ethyl adjacent to an activating group) is 1. The first-order valence-electron chi connectivity index (χ1n) is 6.10. The lowest BCUT2D eigenvalue weighted by Gasteiger charge is -2.60. The van der Waals surface area contributed by atoms with Gasteiger partial charge in [-0.2, -0.15) is 0 Å². The predicted molar refractivity (Wildman–Crippen MR) is 59.8 cm³/mol. The second kappa shape index (κ2) is 2.95. The van der Waals surface area contributed by atoms with Gasteiger partial charge in [0.1, 0.15) is 45.3 Å². The van der Waals surface area contributed by atoms with Crippen molar-refractivity contribution >= 4 is 6.34 Å². The Kier molecular flexibility index (Phi) is 1.89. The van der Waals surface area contributed by atoms with Gasteiger partial charge in [0.15, 0.2) is 0 Å². The minimum Gasteiger partial charge on any atom is -0.351 e. The Hall–Kier alpha value is -0.610. The molecule has 4 fully saturated rings. The summed E-state index contributed by atoms with van der Waals surface area (Å²) in [5.74, 6) is 0. The van der Waals surface area contributed by atoms with Crippen molar-refractivity contribution in [1.82, 2.24) is 4.90 Å². The lowest BCUT2D eigenvalue weighted by molar-refractivity contribution is -1.08. The molecule has 0 aromatic heterocycles. The van der Waals surface area contributed by atoms with Crippen molar-refractivity contribution in [1.29, 1.82) is 5.41 Å². The van der Waals surface area contributed by atoms with Gasteiger partial charge < -0.3 is 13.9 Å². The summed E-state index contributed by atoms with van der Waals surface area (Å²) in [4.78, 5) is 2.13. The van der Waals surface area contributed by atoms with Crippen LogP contribution in [0, 0.1) is 5.41 Å². The highest BCUT2D eigenvalue weighted by Gasteiger charge is 2.53. The molecule has 4 rings (SSSR count). The maximum Gasteiger partial charge on any atom is 0.129 e. The van der Waals surface area contributed by atoms with Crippen LogP contribution in [0.5, 0.6) is 0 Å². The van der Waals surface area contributed by atoms with E-state index >= 15 is 0 Å². The zero-order valence-electron chi connectivity index (χ0n) is 9.65. The Balaban J connectivity index is 1.69. The first-order valence-corrected chi connectivity index (χ1v) is 6.10. The van der Waals surface area contributed by atoms with Gasteiger partial charge in [0, 0.05) is 0 Å². The molecule has 0 unspecified atom stereocenters. The molecular formula is C11H22N4+2. The van der Waals surface area contributed by atoms with Crippen LogP contribution in [-0.2, 0) is 0 Å². The molecule has 4 heteroatoms. The highest BCUT2D eigenvalue weighted by atomic mass is 15.5. The number of piperazine rings is 3. The van der Waals surface area contributed by atoms with Crippen LogP contribution in [0.15, 0.2) is 0 Å². The van der Waals surface area contributed by atoms with Crippen LogP contribution in [0.25, 0.3) is 0 Å². The molecule has 2 bridgehead atoms. The number of rotatable bonds is 2. The molecule has 1 N–H and O–H groups in total. The SMILES string of the molecule is C[N+]12CC[N+](C3CN(C=N)C3)(CC1)CC2. The summed E-state index contributed by atoms with van der Waals surface area (Å²) in [5.41, 5.74) is 0. The molecule has 4 aliphatic rings. The average molecular weight is 210 g/mol. The van der Waals surface area contributed by atoms with Crippen molar-refractivity contribution in [2.45, 2.75) is 6.04 Å². The Bertz CT molecular complexity index is 258. The van der Waals surface area contributed by atoms with Crippen LogP contribution >= 0.6 is 0 Å². The number of nitrogens with one attached hydrogen (secondary N) is 1. The average Bonchev–Trinajstić information content (AvgIpc) is 2.19. The molecule has 0 aromatic carbocycles. The molecule has 0 aromatic rings. The molecular weight excluding hydrogens is 188 g/mol. The van der Waals surface area contributed by atoms with Gasteiger partial charge in [0.2, 0.25) is 0 Å². The summed E-state index contributed by atoms with van der Waals surface area (Å²) < 4.78 is 2.69. The molecule has 4 nitrogen and oxygen atoms in total. The maximum absolute atomic E-state index is 7.22. The van der Waals surface area contributed by atoms with Crippen molar-refractivity contribution in [2.24, 2.45) is 0 Å². The van der Waals surface area contributed by atoms with Crippen molar-refractivity contribution in [3.63, 3.8) is 0 Å². The van der Waals surface area contributed by atoms with Gasteiger partial charge in [0.05, 0.1) is 26.5 Å². The van der Waals surface area contributed by atoms with Crippen molar-refractivity contribution in [3.05, 3.63) is 0 Å². The zero-order chi connectivity index (χ0) is 10.5. The minimum absolute atomic E-state index is 0.834.